The molecule has 1 aromatic rings. The van der Waals surface area contributed by atoms with Crippen molar-refractivity contribution in [3.8, 4) is 5.75 Å². The van der Waals surface area contributed by atoms with Crippen molar-refractivity contribution in [1.29, 1.82) is 5.41 Å². The first-order valence-corrected chi connectivity index (χ1v) is 4.79. The number of ether oxygens (including phenoxy) is 1. The number of hydrogen-bond acceptors (Lipinski definition) is 4. The maximum atomic E-state index is 10.5. The molecule has 0 aliphatic rings. The molecule has 6 nitrogen and oxygen atoms in total. The summed E-state index contributed by atoms with van der Waals surface area (Å²) in [5.41, 5.74) is 5.27. The molecule has 0 fully saturated rings. The average Bonchev–Trinajstić information content (AvgIpc) is 2.25. The molecule has 1 aromatic carbocycles. The van der Waals surface area contributed by atoms with Crippen molar-refractivity contribution in [2.24, 2.45) is 5.73 Å². The largest absolute Gasteiger partial charge is 0.482 e. The molecule has 0 saturated heterocycles. The zero-order chi connectivity index (χ0) is 12.1. The monoisotopic (exact) mass is 223 g/mol. The summed E-state index contributed by atoms with van der Waals surface area (Å²) in [6.07, 6.45) is -0.000103. The predicted molar refractivity (Wildman–Crippen MR) is 59.7 cm³/mol. The van der Waals surface area contributed by atoms with Crippen molar-refractivity contribution in [3.05, 3.63) is 34.4 Å². The molecule has 6 heteroatoms. The van der Waals surface area contributed by atoms with Crippen molar-refractivity contribution in [1.82, 2.24) is 0 Å². The number of benzene rings is 1. The number of nitro groups is 1. The first kappa shape index (κ1) is 12.0. The van der Waals surface area contributed by atoms with Gasteiger partial charge in [0.05, 0.1) is 11.0 Å². The lowest BCUT2D eigenvalue weighted by molar-refractivity contribution is -0.384. The summed E-state index contributed by atoms with van der Waals surface area (Å²) in [5, 5.41) is 17.8. The van der Waals surface area contributed by atoms with E-state index in [1.54, 1.807) is 6.07 Å². The zero-order valence-electron chi connectivity index (χ0n) is 8.84. The Morgan fingerprint density at radius 2 is 2.38 bits per heavy atom. The fourth-order valence-electron chi connectivity index (χ4n) is 1.20. The molecule has 0 aromatic heterocycles. The molecule has 86 valence electrons. The van der Waals surface area contributed by atoms with Gasteiger partial charge in [0.15, 0.2) is 6.10 Å². The van der Waals surface area contributed by atoms with Gasteiger partial charge >= 0.3 is 0 Å². The molecule has 3 N–H and O–H groups in total. The SMILES string of the molecule is CCC(Oc1cccc([N+](=O)[O-])c1)C(=N)N. The summed E-state index contributed by atoms with van der Waals surface area (Å²) in [5.74, 6) is 0.255. The van der Waals surface area contributed by atoms with Crippen LogP contribution in [-0.2, 0) is 0 Å². The van der Waals surface area contributed by atoms with E-state index in [2.05, 4.69) is 0 Å². The van der Waals surface area contributed by atoms with Gasteiger partial charge in [-0.2, -0.15) is 0 Å². The molecule has 0 heterocycles. The van der Waals surface area contributed by atoms with Crippen molar-refractivity contribution >= 4 is 11.5 Å². The van der Waals surface area contributed by atoms with Gasteiger partial charge in [0.25, 0.3) is 5.69 Å². The molecule has 0 radical (unpaired) electrons. The molecule has 0 amide bonds. The van der Waals surface area contributed by atoms with Crippen LogP contribution < -0.4 is 10.5 Å². The summed E-state index contributed by atoms with van der Waals surface area (Å²) >= 11 is 0. The third-order valence-corrected chi connectivity index (χ3v) is 2.02. The Balaban J connectivity index is 2.84. The average molecular weight is 223 g/mol. The summed E-state index contributed by atoms with van der Waals surface area (Å²) in [4.78, 5) is 10.0. The summed E-state index contributed by atoms with van der Waals surface area (Å²) in [7, 11) is 0. The van der Waals surface area contributed by atoms with Gasteiger partial charge in [0, 0.05) is 6.07 Å². The van der Waals surface area contributed by atoms with Crippen molar-refractivity contribution in [2.75, 3.05) is 0 Å². The number of nitro benzene ring substituents is 1. The molecule has 16 heavy (non-hydrogen) atoms. The predicted octanol–water partition coefficient (Wildman–Crippen LogP) is 1.69. The molecule has 1 atom stereocenters. The number of non-ortho nitro benzene ring substituents is 1. The second-order valence-corrected chi connectivity index (χ2v) is 3.22. The lowest BCUT2D eigenvalue weighted by Gasteiger charge is -2.15. The van der Waals surface area contributed by atoms with E-state index in [1.807, 2.05) is 6.92 Å². The Hall–Kier alpha value is -2.11. The topological polar surface area (TPSA) is 102 Å². The van der Waals surface area contributed by atoms with Crippen molar-refractivity contribution in [2.45, 2.75) is 19.4 Å². The Morgan fingerprint density at radius 1 is 1.69 bits per heavy atom. The van der Waals surface area contributed by atoms with Crippen LogP contribution in [0.1, 0.15) is 13.3 Å². The molecule has 0 aliphatic carbocycles. The second-order valence-electron chi connectivity index (χ2n) is 3.22. The van der Waals surface area contributed by atoms with Gasteiger partial charge in [-0.05, 0) is 12.5 Å². The molecule has 1 unspecified atom stereocenters. The van der Waals surface area contributed by atoms with E-state index in [0.29, 0.717) is 12.2 Å². The molecule has 0 saturated carbocycles. The first-order valence-electron chi connectivity index (χ1n) is 4.79. The normalized spacial score (nSPS) is 11.8. The number of hydrogen-bond donors (Lipinski definition) is 2. The summed E-state index contributed by atoms with van der Waals surface area (Å²) < 4.78 is 5.36. The van der Waals surface area contributed by atoms with E-state index >= 15 is 0 Å². The summed E-state index contributed by atoms with van der Waals surface area (Å²) in [6, 6.07) is 5.81. The van der Waals surface area contributed by atoms with Crippen LogP contribution in [0.15, 0.2) is 24.3 Å². The van der Waals surface area contributed by atoms with Gasteiger partial charge in [-0.25, -0.2) is 0 Å². The van der Waals surface area contributed by atoms with E-state index < -0.39 is 11.0 Å². The minimum Gasteiger partial charge on any atom is -0.482 e. The minimum atomic E-state index is -0.540. The quantitative estimate of drug-likeness (QED) is 0.343. The molecular weight excluding hydrogens is 210 g/mol. The number of nitrogens with zero attached hydrogens (tertiary/aromatic N) is 1. The smallest absolute Gasteiger partial charge is 0.273 e. The van der Waals surface area contributed by atoms with Crippen molar-refractivity contribution in [3.63, 3.8) is 0 Å². The second kappa shape index (κ2) is 5.11. The van der Waals surface area contributed by atoms with Crippen LogP contribution in [-0.4, -0.2) is 16.9 Å². The third-order valence-electron chi connectivity index (χ3n) is 2.02. The van der Waals surface area contributed by atoms with Crippen LogP contribution in [0.25, 0.3) is 0 Å². The highest BCUT2D eigenvalue weighted by Gasteiger charge is 2.13. The van der Waals surface area contributed by atoms with Crippen LogP contribution in [0.5, 0.6) is 5.75 Å². The van der Waals surface area contributed by atoms with E-state index in [0.717, 1.165) is 0 Å². The number of amidine groups is 1. The fourth-order valence-corrected chi connectivity index (χ4v) is 1.20. The molecule has 0 spiro atoms. The van der Waals surface area contributed by atoms with Gasteiger partial charge in [-0.1, -0.05) is 13.0 Å². The standard InChI is InChI=1S/C10H13N3O3/c1-2-9(10(11)12)16-8-5-3-4-7(6-8)13(14)15/h3-6,9H,2H2,1H3,(H3,11,12). The minimum absolute atomic E-state index is 0.0455. The Bertz CT molecular complexity index is 406. The Morgan fingerprint density at radius 3 is 2.88 bits per heavy atom. The van der Waals surface area contributed by atoms with Gasteiger partial charge in [-0.15, -0.1) is 0 Å². The van der Waals surface area contributed by atoms with Gasteiger partial charge in [0.1, 0.15) is 11.6 Å². The number of nitrogens with two attached hydrogens (primary N) is 1. The third kappa shape index (κ3) is 2.94. The molecule has 0 aliphatic heterocycles. The van der Waals surface area contributed by atoms with Crippen LogP contribution in [0, 0.1) is 15.5 Å². The summed E-state index contributed by atoms with van der Waals surface area (Å²) in [6.45, 7) is 1.82. The lowest BCUT2D eigenvalue weighted by Crippen LogP contribution is -2.32. The fraction of sp³-hybridized carbons (Fsp3) is 0.300. The van der Waals surface area contributed by atoms with E-state index in [1.165, 1.54) is 18.2 Å². The van der Waals surface area contributed by atoms with Gasteiger partial charge in [0.2, 0.25) is 0 Å². The first-order chi connectivity index (χ1) is 7.54. The van der Waals surface area contributed by atoms with Crippen LogP contribution in [0.3, 0.4) is 0 Å². The maximum absolute atomic E-state index is 10.5. The molecular formula is C10H13N3O3. The van der Waals surface area contributed by atoms with Crippen LogP contribution >= 0.6 is 0 Å². The highest BCUT2D eigenvalue weighted by molar-refractivity contribution is 5.82. The van der Waals surface area contributed by atoms with Crippen molar-refractivity contribution < 1.29 is 9.66 Å². The van der Waals surface area contributed by atoms with Gasteiger partial charge in [-0.3, -0.25) is 15.5 Å². The number of nitrogens with one attached hydrogen (secondary N) is 1. The highest BCUT2D eigenvalue weighted by atomic mass is 16.6. The van der Waals surface area contributed by atoms with E-state index in [4.69, 9.17) is 15.9 Å². The Kier molecular flexibility index (Phi) is 3.82. The van der Waals surface area contributed by atoms with E-state index in [9.17, 15) is 10.1 Å². The maximum Gasteiger partial charge on any atom is 0.273 e. The molecule has 1 rings (SSSR count). The van der Waals surface area contributed by atoms with E-state index in [-0.39, 0.29) is 11.5 Å². The van der Waals surface area contributed by atoms with Crippen LogP contribution in [0.2, 0.25) is 0 Å². The zero-order valence-corrected chi connectivity index (χ0v) is 8.84. The highest BCUT2D eigenvalue weighted by Crippen LogP contribution is 2.20. The molecule has 0 bridgehead atoms. The number of rotatable bonds is 5. The Labute approximate surface area is 92.7 Å². The lowest BCUT2D eigenvalue weighted by atomic mass is 10.2. The van der Waals surface area contributed by atoms with Crippen LogP contribution in [0.4, 0.5) is 5.69 Å². The van der Waals surface area contributed by atoms with Gasteiger partial charge < -0.3 is 10.5 Å².